The number of fused-ring (bicyclic) bond motifs is 3. The highest BCUT2D eigenvalue weighted by atomic mass is 79.9. The molecule has 6 aromatic carbocycles. The van der Waals surface area contributed by atoms with E-state index in [2.05, 4.69) is 60.2 Å². The van der Waals surface area contributed by atoms with Gasteiger partial charge in [-0.05, 0) is 177 Å². The molecule has 0 amide bonds. The first-order valence-electron chi connectivity index (χ1n) is 33.3. The number of halogens is 2. The third kappa shape index (κ3) is 17.7. The molecule has 3 aliphatic carbocycles. The number of ketones is 3. The second-order valence-corrected chi connectivity index (χ2v) is 27.0. The molecule has 9 aromatic rings. The Morgan fingerprint density at radius 2 is 0.871 bits per heavy atom. The molecule has 12 rings (SSSR count). The number of aromatic amines is 2. The summed E-state index contributed by atoms with van der Waals surface area (Å²) in [4.78, 5) is 80.1. The van der Waals surface area contributed by atoms with Crippen LogP contribution < -0.4 is 0 Å². The topological polar surface area (TPSA) is 187 Å². The summed E-state index contributed by atoms with van der Waals surface area (Å²) in [5.74, 6) is 1.99. The molecule has 6 atom stereocenters. The zero-order chi connectivity index (χ0) is 65.4. The highest BCUT2D eigenvalue weighted by Crippen LogP contribution is 2.46. The van der Waals surface area contributed by atoms with Gasteiger partial charge in [-0.15, -0.1) is 0 Å². The normalized spacial score (nSPS) is 18.8. The minimum Gasteiger partial charge on any atom is -0.461 e. The minimum absolute atomic E-state index is 0.0533. The SMILES string of the molecule is CCC(=O)c1ccc2c(C3CCCC(CC(=O)OCc4ccccc4)C3)c(Br)[nH]c2c1.CCC(=O)c1ccc2c(C3CCCC(CC(=O)OCc4ccccc4)C3)c(Br)n(O)c2c1.CCC(=O)c1ccc2c(C3CCCC(CC(=O)OCc4ccccc4)C3)c[nH]c2c1. The predicted octanol–water partition coefficient (Wildman–Crippen LogP) is 19.7. The summed E-state index contributed by atoms with van der Waals surface area (Å²) in [6.07, 6.45) is 17.4. The Labute approximate surface area is 562 Å². The molecule has 3 aliphatic rings. The number of esters is 3. The highest BCUT2D eigenvalue weighted by molar-refractivity contribution is 9.10. The third-order valence-electron chi connectivity index (χ3n) is 19.1. The van der Waals surface area contributed by atoms with Gasteiger partial charge >= 0.3 is 17.9 Å². The number of carbonyl (C=O) groups is 6. The lowest BCUT2D eigenvalue weighted by atomic mass is 9.76. The Bertz CT molecular complexity index is 4040. The molecule has 15 heteroatoms. The number of carbonyl (C=O) groups excluding carboxylic acids is 6. The van der Waals surface area contributed by atoms with Crippen LogP contribution in [0.4, 0.5) is 0 Å². The van der Waals surface area contributed by atoms with E-state index in [1.807, 2.05) is 148 Å². The molecule has 0 spiro atoms. The number of rotatable bonds is 21. The smallest absolute Gasteiger partial charge is 0.306 e. The standard InChI is InChI=1S/C26H28BrNO4.C26H28BrNO3.C26H29NO3/c1-2-23(29)19-11-12-21-22(15-19)28(31)26(27)25(21)20-10-6-9-18(13-20)14-24(30)32-16-17-7-4-3-5-8-17;1-2-23(29)19-11-12-21-22(15-19)28-26(27)25(21)20-10-6-9-18(13-20)14-24(30)31-16-17-7-4-3-5-8-17;1-2-25(28)21-11-12-22-23(16-27-24(22)15-21)20-10-6-9-19(13-20)14-26(29)30-17-18-7-4-3-5-8-18/h3-5,7-8,11-12,15,18,20,31H,2,6,9-10,13-14,16H2,1H3;3-5,7-8,11-12,15,18,20,28H,2,6,9-10,13-14,16H2,1H3;3-5,7-8,11-12,15-16,19-20,27H,2,6,9-10,13-14,17H2,1H3. The first kappa shape index (κ1) is 68.0. The largest absolute Gasteiger partial charge is 0.461 e. The number of H-pyrrole nitrogens is 2. The fourth-order valence-corrected chi connectivity index (χ4v) is 15.7. The first-order chi connectivity index (χ1) is 45.2. The second-order valence-electron chi connectivity index (χ2n) is 25.4. The molecule has 93 heavy (non-hydrogen) atoms. The van der Waals surface area contributed by atoms with Crippen molar-refractivity contribution in [2.24, 2.45) is 17.8 Å². The van der Waals surface area contributed by atoms with Crippen LogP contribution in [0.15, 0.2) is 161 Å². The zero-order valence-electron chi connectivity index (χ0n) is 53.6. The van der Waals surface area contributed by atoms with E-state index >= 15 is 0 Å². The van der Waals surface area contributed by atoms with Gasteiger partial charge in [0.2, 0.25) is 0 Å². The summed E-state index contributed by atoms with van der Waals surface area (Å²) in [5, 5.41) is 14.0. The molecule has 0 radical (unpaired) electrons. The van der Waals surface area contributed by atoms with Gasteiger partial charge in [-0.2, -0.15) is 4.73 Å². The van der Waals surface area contributed by atoms with Gasteiger partial charge in [-0.3, -0.25) is 28.8 Å². The predicted molar refractivity (Wildman–Crippen MR) is 372 cm³/mol. The molecule has 486 valence electrons. The van der Waals surface area contributed by atoms with E-state index in [1.54, 1.807) is 6.07 Å². The van der Waals surface area contributed by atoms with Crippen molar-refractivity contribution in [3.05, 3.63) is 211 Å². The maximum atomic E-state index is 12.4. The summed E-state index contributed by atoms with van der Waals surface area (Å²) in [7, 11) is 0. The Kier molecular flexibility index (Phi) is 24.0. The minimum atomic E-state index is -0.161. The van der Waals surface area contributed by atoms with Gasteiger partial charge in [0.25, 0.3) is 0 Å². The number of hydrogen-bond donors (Lipinski definition) is 3. The van der Waals surface area contributed by atoms with Gasteiger partial charge in [0.05, 0.1) is 10.1 Å². The van der Waals surface area contributed by atoms with Crippen molar-refractivity contribution in [3.8, 4) is 0 Å². The van der Waals surface area contributed by atoms with Crippen molar-refractivity contribution in [1.82, 2.24) is 14.7 Å². The Morgan fingerprint density at radius 1 is 0.473 bits per heavy atom. The molecule has 3 aromatic heterocycles. The van der Waals surface area contributed by atoms with Crippen LogP contribution in [-0.2, 0) is 48.4 Å². The number of aromatic nitrogens is 3. The number of benzene rings is 6. The summed E-state index contributed by atoms with van der Waals surface area (Å²) in [6, 6.07) is 46.8. The summed E-state index contributed by atoms with van der Waals surface area (Å²) in [5.41, 5.74) is 11.4. The lowest BCUT2D eigenvalue weighted by Crippen LogP contribution is -2.19. The molecular formula is C78H85Br2N3O10. The van der Waals surface area contributed by atoms with E-state index in [1.165, 1.54) is 16.5 Å². The van der Waals surface area contributed by atoms with Gasteiger partial charge in [0.15, 0.2) is 17.3 Å². The molecule has 3 fully saturated rings. The maximum Gasteiger partial charge on any atom is 0.306 e. The van der Waals surface area contributed by atoms with Gasteiger partial charge in [0, 0.05) is 88.6 Å². The summed E-state index contributed by atoms with van der Waals surface area (Å²) >= 11 is 7.28. The maximum absolute atomic E-state index is 12.4. The van der Waals surface area contributed by atoms with E-state index in [4.69, 9.17) is 14.2 Å². The zero-order valence-corrected chi connectivity index (χ0v) is 56.7. The van der Waals surface area contributed by atoms with Crippen LogP contribution in [0.3, 0.4) is 0 Å². The molecule has 3 N–H and O–H groups in total. The average Bonchev–Trinajstić information content (AvgIpc) is 1.69. The van der Waals surface area contributed by atoms with Crippen molar-refractivity contribution in [1.29, 1.82) is 0 Å². The van der Waals surface area contributed by atoms with Crippen molar-refractivity contribution in [2.45, 2.75) is 174 Å². The quantitative estimate of drug-likeness (QED) is 0.0270. The fraction of sp³-hybridized carbons (Fsp3) is 0.385. The molecule has 0 bridgehead atoms. The van der Waals surface area contributed by atoms with Crippen LogP contribution in [-0.4, -0.2) is 55.2 Å². The Hall–Kier alpha value is -7.88. The monoisotopic (exact) mass is 1380 g/mol. The van der Waals surface area contributed by atoms with Crippen LogP contribution in [0, 0.1) is 17.8 Å². The lowest BCUT2D eigenvalue weighted by molar-refractivity contribution is -0.147. The second kappa shape index (κ2) is 32.8. The number of ether oxygens (including phenoxy) is 3. The molecule has 6 unspecified atom stereocenters. The molecule has 13 nitrogen and oxygen atoms in total. The Balaban J connectivity index is 0.000000153. The number of Topliss-reactive ketones (excluding diaryl/α,β-unsaturated/α-hetero) is 3. The van der Waals surface area contributed by atoms with Crippen molar-refractivity contribution >= 4 is 99.8 Å². The van der Waals surface area contributed by atoms with Gasteiger partial charge < -0.3 is 29.4 Å². The van der Waals surface area contributed by atoms with E-state index in [0.717, 1.165) is 142 Å². The van der Waals surface area contributed by atoms with E-state index in [-0.39, 0.29) is 47.1 Å². The van der Waals surface area contributed by atoms with Crippen molar-refractivity contribution in [3.63, 3.8) is 0 Å². The molecule has 3 saturated carbocycles. The lowest BCUT2D eigenvalue weighted by Gasteiger charge is -2.29. The number of nitrogens with zero attached hydrogens (tertiary/aromatic N) is 1. The number of nitrogens with one attached hydrogen (secondary N) is 2. The van der Waals surface area contributed by atoms with Crippen LogP contribution >= 0.6 is 31.9 Å². The summed E-state index contributed by atoms with van der Waals surface area (Å²) < 4.78 is 19.2. The highest BCUT2D eigenvalue weighted by Gasteiger charge is 2.33. The molecule has 0 aliphatic heterocycles. The third-order valence-corrected chi connectivity index (χ3v) is 20.4. The molecule has 0 saturated heterocycles. The van der Waals surface area contributed by atoms with Crippen LogP contribution in [0.2, 0.25) is 0 Å². The average molecular weight is 1380 g/mol. The van der Waals surface area contributed by atoms with Crippen LogP contribution in [0.5, 0.6) is 0 Å². The molecular weight excluding hydrogens is 1300 g/mol. The van der Waals surface area contributed by atoms with Crippen LogP contribution in [0.1, 0.15) is 219 Å². The van der Waals surface area contributed by atoms with E-state index in [9.17, 15) is 34.0 Å². The van der Waals surface area contributed by atoms with Crippen molar-refractivity contribution < 1.29 is 48.2 Å². The van der Waals surface area contributed by atoms with Crippen LogP contribution in [0.25, 0.3) is 32.7 Å². The Morgan fingerprint density at radius 3 is 1.33 bits per heavy atom. The van der Waals surface area contributed by atoms with Crippen molar-refractivity contribution in [2.75, 3.05) is 0 Å². The summed E-state index contributed by atoms with van der Waals surface area (Å²) in [6.45, 7) is 6.59. The van der Waals surface area contributed by atoms with Gasteiger partial charge in [-0.25, -0.2) is 0 Å². The van der Waals surface area contributed by atoms with E-state index < -0.39 is 0 Å². The van der Waals surface area contributed by atoms with E-state index in [0.29, 0.717) is 97.7 Å². The first-order valence-corrected chi connectivity index (χ1v) is 34.9. The number of hydrogen-bond acceptors (Lipinski definition) is 10. The fourth-order valence-electron chi connectivity index (χ4n) is 14.2. The van der Waals surface area contributed by atoms with Gasteiger partial charge in [-0.1, -0.05) is 167 Å². The molecule has 3 heterocycles. The van der Waals surface area contributed by atoms with Gasteiger partial charge in [0.1, 0.15) is 24.4 Å².